The molecular weight excluding hydrogens is 468 g/mol. The molecule has 200 valence electrons. The predicted octanol–water partition coefficient (Wildman–Crippen LogP) is -7.64. The van der Waals surface area contributed by atoms with Crippen LogP contribution < -0.4 is 11.5 Å². The summed E-state index contributed by atoms with van der Waals surface area (Å²) in [5.74, 6) is -2.26. The summed E-state index contributed by atoms with van der Waals surface area (Å²) in [5.41, 5.74) is 10.9. The summed E-state index contributed by atoms with van der Waals surface area (Å²) in [6, 6.07) is 0. The summed E-state index contributed by atoms with van der Waals surface area (Å²) >= 11 is 0. The molecule has 3 rings (SSSR count). The molecule has 3 aliphatic heterocycles. The minimum atomic E-state index is -2.26. The number of nitrogens with two attached hydrogens (primary N) is 2. The highest BCUT2D eigenvalue weighted by Crippen LogP contribution is 2.36. The summed E-state index contributed by atoms with van der Waals surface area (Å²) in [4.78, 5) is 0. The lowest BCUT2D eigenvalue weighted by molar-refractivity contribution is -0.387. The van der Waals surface area contributed by atoms with Gasteiger partial charge in [0.05, 0.1) is 6.61 Å². The van der Waals surface area contributed by atoms with Crippen LogP contribution in [0.25, 0.3) is 0 Å². The van der Waals surface area contributed by atoms with E-state index in [0.717, 1.165) is 0 Å². The molecule has 10 unspecified atom stereocenters. The first-order valence-electron chi connectivity index (χ1n) is 10.7. The third-order valence-electron chi connectivity index (χ3n) is 6.27. The molecule has 0 bridgehead atoms. The van der Waals surface area contributed by atoms with E-state index in [1.807, 2.05) is 0 Å². The van der Waals surface area contributed by atoms with Crippen molar-refractivity contribution in [2.75, 3.05) is 26.3 Å². The van der Waals surface area contributed by atoms with Crippen molar-refractivity contribution in [3.05, 3.63) is 0 Å². The maximum atomic E-state index is 10.3. The zero-order valence-electron chi connectivity index (χ0n) is 18.1. The number of hydrogen-bond donors (Lipinski definition) is 11. The van der Waals surface area contributed by atoms with Crippen LogP contribution in [0.2, 0.25) is 0 Å². The van der Waals surface area contributed by atoms with E-state index in [1.54, 1.807) is 0 Å². The van der Waals surface area contributed by atoms with Crippen LogP contribution in [-0.2, 0) is 23.7 Å². The van der Waals surface area contributed by atoms with E-state index in [2.05, 4.69) is 0 Å². The fraction of sp³-hybridized carbons (Fsp3) is 1.00. The molecule has 3 fully saturated rings. The lowest BCUT2D eigenvalue weighted by Crippen LogP contribution is -2.63. The van der Waals surface area contributed by atoms with E-state index in [9.17, 15) is 46.0 Å². The molecule has 3 heterocycles. The minimum absolute atomic E-state index is 0.199. The van der Waals surface area contributed by atoms with Crippen LogP contribution in [0.4, 0.5) is 0 Å². The van der Waals surface area contributed by atoms with Crippen LogP contribution in [0, 0.1) is 0 Å². The average Bonchev–Trinajstić information content (AvgIpc) is 3.08. The zero-order chi connectivity index (χ0) is 25.4. The Labute approximate surface area is 193 Å². The molecule has 0 amide bonds. The Morgan fingerprint density at radius 1 is 0.647 bits per heavy atom. The Bertz CT molecular complexity index is 662. The van der Waals surface area contributed by atoms with Crippen molar-refractivity contribution in [1.29, 1.82) is 0 Å². The molecule has 34 heavy (non-hydrogen) atoms. The van der Waals surface area contributed by atoms with Gasteiger partial charge in [-0.05, 0) is 0 Å². The van der Waals surface area contributed by atoms with Gasteiger partial charge in [-0.25, -0.2) is 0 Å². The first-order valence-corrected chi connectivity index (χ1v) is 10.7. The lowest BCUT2D eigenvalue weighted by Gasteiger charge is -2.44. The maximum absolute atomic E-state index is 10.3. The SMILES string of the molecule is NCC1OC(CO)(O[C@H]2OC(CO[C@H]3OC(CN)[C@@H](O)C(O)C3O)[C@@H](O)C(O)C2O)C(O)C1O. The average molecular weight is 502 g/mol. The smallest absolute Gasteiger partial charge is 0.224 e. The van der Waals surface area contributed by atoms with Gasteiger partial charge < -0.3 is 81.1 Å². The Hall–Kier alpha value is -0.640. The normalized spacial score (nSPS) is 52.1. The molecule has 16 nitrogen and oxygen atoms in total. The van der Waals surface area contributed by atoms with Gasteiger partial charge in [0.2, 0.25) is 5.79 Å². The topological polar surface area (TPSA) is 280 Å². The van der Waals surface area contributed by atoms with E-state index in [1.165, 1.54) is 0 Å². The molecule has 3 saturated heterocycles. The highest BCUT2D eigenvalue weighted by atomic mass is 16.8. The molecule has 3 aliphatic rings. The molecule has 13 N–H and O–H groups in total. The highest BCUT2D eigenvalue weighted by Gasteiger charge is 2.58. The lowest BCUT2D eigenvalue weighted by atomic mass is 9.98. The highest BCUT2D eigenvalue weighted by molar-refractivity contribution is 4.99. The monoisotopic (exact) mass is 502 g/mol. The summed E-state index contributed by atoms with van der Waals surface area (Å²) in [6.07, 6.45) is -20.4. The Morgan fingerprint density at radius 3 is 1.71 bits per heavy atom. The molecule has 0 aromatic heterocycles. The van der Waals surface area contributed by atoms with Gasteiger partial charge in [0.25, 0.3) is 0 Å². The molecule has 0 radical (unpaired) electrons. The quantitative estimate of drug-likeness (QED) is 0.147. The molecule has 16 heteroatoms. The fourth-order valence-electron chi connectivity index (χ4n) is 4.10. The van der Waals surface area contributed by atoms with Gasteiger partial charge in [-0.1, -0.05) is 0 Å². The Morgan fingerprint density at radius 2 is 1.18 bits per heavy atom. The van der Waals surface area contributed by atoms with Crippen molar-refractivity contribution >= 4 is 0 Å². The summed E-state index contributed by atoms with van der Waals surface area (Å²) in [7, 11) is 0. The van der Waals surface area contributed by atoms with E-state index >= 15 is 0 Å². The van der Waals surface area contributed by atoms with Crippen molar-refractivity contribution < 1.29 is 69.6 Å². The van der Waals surface area contributed by atoms with Crippen LogP contribution in [-0.4, -0.2) is 158 Å². The molecule has 0 aromatic carbocycles. The van der Waals surface area contributed by atoms with Gasteiger partial charge in [-0.2, -0.15) is 0 Å². The minimum Gasteiger partial charge on any atom is -0.391 e. The maximum Gasteiger partial charge on any atom is 0.224 e. The van der Waals surface area contributed by atoms with Crippen LogP contribution in [0.15, 0.2) is 0 Å². The number of aliphatic hydroxyl groups is 9. The second-order valence-electron chi connectivity index (χ2n) is 8.51. The van der Waals surface area contributed by atoms with Crippen LogP contribution >= 0.6 is 0 Å². The second-order valence-corrected chi connectivity index (χ2v) is 8.51. The van der Waals surface area contributed by atoms with Crippen LogP contribution in [0.5, 0.6) is 0 Å². The van der Waals surface area contributed by atoms with E-state index in [0.29, 0.717) is 0 Å². The van der Waals surface area contributed by atoms with Gasteiger partial charge in [0.1, 0.15) is 73.8 Å². The number of aliphatic hydroxyl groups excluding tert-OH is 9. The van der Waals surface area contributed by atoms with Gasteiger partial charge in [-0.3, -0.25) is 0 Å². The van der Waals surface area contributed by atoms with Gasteiger partial charge in [0.15, 0.2) is 12.6 Å². The third-order valence-corrected chi connectivity index (χ3v) is 6.27. The van der Waals surface area contributed by atoms with Crippen molar-refractivity contribution in [3.8, 4) is 0 Å². The molecule has 0 saturated carbocycles. The van der Waals surface area contributed by atoms with E-state index < -0.39 is 98.7 Å². The van der Waals surface area contributed by atoms with Crippen molar-refractivity contribution in [1.82, 2.24) is 0 Å². The second kappa shape index (κ2) is 11.2. The van der Waals surface area contributed by atoms with Crippen molar-refractivity contribution in [3.63, 3.8) is 0 Å². The van der Waals surface area contributed by atoms with Crippen LogP contribution in [0.1, 0.15) is 0 Å². The first kappa shape index (κ1) is 27.9. The molecular formula is C18H34N2O14. The zero-order valence-corrected chi connectivity index (χ0v) is 18.1. The van der Waals surface area contributed by atoms with Crippen molar-refractivity contribution in [2.24, 2.45) is 11.5 Å². The predicted molar refractivity (Wildman–Crippen MR) is 105 cm³/mol. The number of ether oxygens (including phenoxy) is 5. The first-order chi connectivity index (χ1) is 16.0. The van der Waals surface area contributed by atoms with Gasteiger partial charge in [0, 0.05) is 13.1 Å². The Kier molecular flexibility index (Phi) is 9.18. The van der Waals surface area contributed by atoms with Gasteiger partial charge in [-0.15, -0.1) is 0 Å². The van der Waals surface area contributed by atoms with Gasteiger partial charge >= 0.3 is 0 Å². The summed E-state index contributed by atoms with van der Waals surface area (Å²) in [5, 5.41) is 90.9. The molecule has 14 atom stereocenters. The van der Waals surface area contributed by atoms with E-state index in [4.69, 9.17) is 35.2 Å². The largest absolute Gasteiger partial charge is 0.391 e. The standard InChI is InChI=1S/C18H34N2O14/c19-1-5-8(22)11(25)13(27)16(31-5)30-3-7-9(23)12(26)14(28)17(32-7)34-18(4-21)15(29)10(24)6(2-20)33-18/h5-17,21-29H,1-4,19-20H2/t5?,6?,7?,8-,9-,10?,11?,12?,13?,14?,15?,16+,17-,18?/m1/s1. The van der Waals surface area contributed by atoms with Crippen molar-refractivity contribution in [2.45, 2.75) is 85.5 Å². The molecule has 0 aliphatic carbocycles. The van der Waals surface area contributed by atoms with Crippen LogP contribution in [0.3, 0.4) is 0 Å². The summed E-state index contributed by atoms with van der Waals surface area (Å²) in [6.45, 7) is -1.99. The molecule has 0 spiro atoms. The third kappa shape index (κ3) is 5.09. The Balaban J connectivity index is 1.69. The number of hydrogen-bond acceptors (Lipinski definition) is 16. The fourth-order valence-corrected chi connectivity index (χ4v) is 4.10. The molecule has 0 aromatic rings. The van der Waals surface area contributed by atoms with E-state index in [-0.39, 0.29) is 13.1 Å². The number of rotatable bonds is 8. The summed E-state index contributed by atoms with van der Waals surface area (Å²) < 4.78 is 26.9.